The predicted octanol–water partition coefficient (Wildman–Crippen LogP) is 5.76. The van der Waals surface area contributed by atoms with Crippen LogP contribution in [0, 0.1) is 5.92 Å². The van der Waals surface area contributed by atoms with Crippen LogP contribution in [-0.2, 0) is 26.4 Å². The van der Waals surface area contributed by atoms with E-state index in [2.05, 4.69) is 70.1 Å². The van der Waals surface area contributed by atoms with E-state index in [4.69, 9.17) is 0 Å². The van der Waals surface area contributed by atoms with Crippen LogP contribution in [0.1, 0.15) is 60.2 Å². The molecule has 36 heavy (non-hydrogen) atoms. The summed E-state index contributed by atoms with van der Waals surface area (Å²) >= 11 is 0. The summed E-state index contributed by atoms with van der Waals surface area (Å²) in [7, 11) is 1.96. The van der Waals surface area contributed by atoms with Crippen molar-refractivity contribution in [2.45, 2.75) is 58.5 Å². The molecular weight excluding hydrogens is 446 g/mol. The first kappa shape index (κ1) is 24.3. The Kier molecular flexibility index (Phi) is 6.95. The monoisotopic (exact) mass is 483 g/mol. The number of benzene rings is 2. The molecule has 188 valence electrons. The van der Waals surface area contributed by atoms with Crippen LogP contribution in [0.3, 0.4) is 0 Å². The maximum Gasteiger partial charge on any atom is 0.162 e. The highest BCUT2D eigenvalue weighted by Gasteiger charge is 2.35. The fourth-order valence-corrected chi connectivity index (χ4v) is 5.57. The molecule has 0 N–H and O–H groups in total. The molecule has 1 unspecified atom stereocenters. The number of aryl methyl sites for hydroxylation is 2. The Labute approximate surface area is 214 Å². The van der Waals surface area contributed by atoms with E-state index < -0.39 is 0 Å². The predicted molar refractivity (Wildman–Crippen MR) is 148 cm³/mol. The highest BCUT2D eigenvalue weighted by molar-refractivity contribution is 5.98. The SMILES string of the molecule is C=Nc1cc(C(=O)CC)cc(CC)c1N(Cc1cnn(C)c1)CC1Cc2ccccc2N1CC1CC1. The van der Waals surface area contributed by atoms with E-state index in [-0.39, 0.29) is 5.78 Å². The molecule has 6 heteroatoms. The number of aliphatic imine (C=N–C) groups is 1. The van der Waals surface area contributed by atoms with Crippen molar-refractivity contribution in [1.82, 2.24) is 9.78 Å². The third-order valence-electron chi connectivity index (χ3n) is 7.59. The minimum Gasteiger partial charge on any atom is -0.366 e. The molecular formula is C30H37N5O. The van der Waals surface area contributed by atoms with Crippen LogP contribution in [0.5, 0.6) is 0 Å². The molecule has 1 aromatic heterocycles. The first-order chi connectivity index (χ1) is 17.5. The van der Waals surface area contributed by atoms with Crippen LogP contribution in [0.25, 0.3) is 0 Å². The number of anilines is 2. The van der Waals surface area contributed by atoms with Crippen molar-refractivity contribution in [2.24, 2.45) is 18.0 Å². The van der Waals surface area contributed by atoms with Crippen molar-refractivity contribution in [3.63, 3.8) is 0 Å². The van der Waals surface area contributed by atoms with E-state index in [9.17, 15) is 4.79 Å². The molecule has 1 saturated carbocycles. The fraction of sp³-hybridized carbons (Fsp3) is 0.433. The summed E-state index contributed by atoms with van der Waals surface area (Å²) in [5, 5.41) is 4.42. The van der Waals surface area contributed by atoms with E-state index in [1.54, 1.807) is 0 Å². The summed E-state index contributed by atoms with van der Waals surface area (Å²) in [4.78, 5) is 22.1. The summed E-state index contributed by atoms with van der Waals surface area (Å²) < 4.78 is 1.86. The number of carbonyl (C=O) groups is 1. The van der Waals surface area contributed by atoms with Gasteiger partial charge in [0.2, 0.25) is 0 Å². The lowest BCUT2D eigenvalue weighted by molar-refractivity contribution is 0.0988. The number of Topliss-reactive ketones (excluding diaryl/α,β-unsaturated/α-hetero) is 1. The second kappa shape index (κ2) is 10.3. The molecule has 1 atom stereocenters. The number of para-hydroxylation sites is 1. The van der Waals surface area contributed by atoms with Crippen LogP contribution in [0.4, 0.5) is 17.1 Å². The Morgan fingerprint density at radius 3 is 2.69 bits per heavy atom. The van der Waals surface area contributed by atoms with Crippen molar-refractivity contribution in [1.29, 1.82) is 0 Å². The van der Waals surface area contributed by atoms with Gasteiger partial charge in [-0.2, -0.15) is 5.10 Å². The maximum atomic E-state index is 12.6. The summed E-state index contributed by atoms with van der Waals surface area (Å²) in [5.41, 5.74) is 7.73. The zero-order valence-corrected chi connectivity index (χ0v) is 21.8. The summed E-state index contributed by atoms with van der Waals surface area (Å²) in [5.74, 6) is 0.947. The van der Waals surface area contributed by atoms with Crippen molar-refractivity contribution >= 4 is 29.6 Å². The van der Waals surface area contributed by atoms with Crippen molar-refractivity contribution in [3.8, 4) is 0 Å². The number of nitrogens with zero attached hydrogens (tertiary/aromatic N) is 5. The molecule has 2 aromatic carbocycles. The fourth-order valence-electron chi connectivity index (χ4n) is 5.57. The molecule has 3 aromatic rings. The average Bonchev–Trinajstić information content (AvgIpc) is 3.53. The van der Waals surface area contributed by atoms with Gasteiger partial charge in [0.25, 0.3) is 0 Å². The zero-order chi connectivity index (χ0) is 25.2. The lowest BCUT2D eigenvalue weighted by atomic mass is 9.99. The van der Waals surface area contributed by atoms with Crippen molar-refractivity contribution in [3.05, 3.63) is 71.0 Å². The van der Waals surface area contributed by atoms with Gasteiger partial charge in [-0.25, -0.2) is 0 Å². The normalized spacial score (nSPS) is 16.8. The molecule has 2 aliphatic rings. The van der Waals surface area contributed by atoms with Crippen molar-refractivity contribution < 1.29 is 4.79 Å². The van der Waals surface area contributed by atoms with E-state index >= 15 is 0 Å². The lowest BCUT2D eigenvalue weighted by Gasteiger charge is -2.35. The quantitative estimate of drug-likeness (QED) is 0.257. The standard InChI is InChI=1S/C30H37N5O/c1-5-23-13-25(29(36)6-2)15-27(31-3)30(23)34(18-22-16-32-33(4)17-22)20-26-14-24-9-7-8-10-28(24)35(26)19-21-11-12-21/h7-10,13,15-17,21,26H,3,5-6,11-12,14,18-20H2,1-2,4H3. The van der Waals surface area contributed by atoms with Crippen LogP contribution in [0.15, 0.2) is 53.8 Å². The summed E-state index contributed by atoms with van der Waals surface area (Å²) in [6.07, 6.45) is 9.04. The largest absolute Gasteiger partial charge is 0.366 e. The average molecular weight is 484 g/mol. The molecule has 0 amide bonds. The second-order valence-electron chi connectivity index (χ2n) is 10.3. The number of aromatic nitrogens is 2. The van der Waals surface area contributed by atoms with Gasteiger partial charge in [-0.3, -0.25) is 14.5 Å². The molecule has 1 aliphatic heterocycles. The first-order valence-corrected chi connectivity index (χ1v) is 13.2. The maximum absolute atomic E-state index is 12.6. The molecule has 5 rings (SSSR count). The number of rotatable bonds is 11. The lowest BCUT2D eigenvalue weighted by Crippen LogP contribution is -2.43. The van der Waals surface area contributed by atoms with E-state index in [0.29, 0.717) is 12.5 Å². The second-order valence-corrected chi connectivity index (χ2v) is 10.3. The Bertz CT molecular complexity index is 1260. The Morgan fingerprint density at radius 1 is 1.22 bits per heavy atom. The topological polar surface area (TPSA) is 53.7 Å². The third-order valence-corrected chi connectivity index (χ3v) is 7.59. The Balaban J connectivity index is 1.54. The van der Waals surface area contributed by atoms with Gasteiger partial charge in [-0.15, -0.1) is 0 Å². The number of fused-ring (bicyclic) bond motifs is 1. The molecule has 2 heterocycles. The van der Waals surface area contributed by atoms with Crippen LogP contribution < -0.4 is 9.80 Å². The first-order valence-electron chi connectivity index (χ1n) is 13.2. The van der Waals surface area contributed by atoms with Gasteiger partial charge in [0.05, 0.1) is 23.6 Å². The minimum absolute atomic E-state index is 0.141. The molecule has 6 nitrogen and oxygen atoms in total. The van der Waals surface area contributed by atoms with Crippen LogP contribution in [0.2, 0.25) is 0 Å². The number of ketones is 1. The Morgan fingerprint density at radius 2 is 2.03 bits per heavy atom. The third kappa shape index (κ3) is 4.95. The molecule has 1 aliphatic carbocycles. The highest BCUT2D eigenvalue weighted by atomic mass is 16.1. The summed E-state index contributed by atoms with van der Waals surface area (Å²) in [6, 6.07) is 13.2. The van der Waals surface area contributed by atoms with Gasteiger partial charge < -0.3 is 9.80 Å². The smallest absolute Gasteiger partial charge is 0.162 e. The van der Waals surface area contributed by atoms with E-state index in [0.717, 1.165) is 66.5 Å². The minimum atomic E-state index is 0.141. The van der Waals surface area contributed by atoms with Crippen LogP contribution in [-0.4, -0.2) is 41.4 Å². The number of carbonyl (C=O) groups excluding carboxylic acids is 1. The molecule has 0 spiro atoms. The zero-order valence-electron chi connectivity index (χ0n) is 21.8. The molecule has 1 fully saturated rings. The van der Waals surface area contributed by atoms with Gasteiger partial charge in [0.1, 0.15) is 0 Å². The van der Waals surface area contributed by atoms with Gasteiger partial charge in [-0.05, 0) is 67.6 Å². The molecule has 0 radical (unpaired) electrons. The molecule has 0 saturated heterocycles. The summed E-state index contributed by atoms with van der Waals surface area (Å²) in [6.45, 7) is 10.7. The van der Waals surface area contributed by atoms with E-state index in [1.165, 1.54) is 24.1 Å². The van der Waals surface area contributed by atoms with Gasteiger partial charge in [0, 0.05) is 56.1 Å². The van der Waals surface area contributed by atoms with Crippen molar-refractivity contribution in [2.75, 3.05) is 22.9 Å². The van der Waals surface area contributed by atoms with Gasteiger partial charge in [0.15, 0.2) is 5.78 Å². The highest BCUT2D eigenvalue weighted by Crippen LogP contribution is 2.40. The number of hydrogen-bond donors (Lipinski definition) is 0. The van der Waals surface area contributed by atoms with E-state index in [1.807, 2.05) is 30.9 Å². The number of hydrogen-bond acceptors (Lipinski definition) is 5. The van der Waals surface area contributed by atoms with Gasteiger partial charge >= 0.3 is 0 Å². The molecule has 0 bridgehead atoms. The Hall–Kier alpha value is -3.41. The van der Waals surface area contributed by atoms with Crippen LogP contribution >= 0.6 is 0 Å². The van der Waals surface area contributed by atoms with Gasteiger partial charge in [-0.1, -0.05) is 32.0 Å².